The third-order valence-electron chi connectivity index (χ3n) is 5.88. The first-order valence-electron chi connectivity index (χ1n) is 13.5. The third-order valence-corrected chi connectivity index (χ3v) is 6.76. The van der Waals surface area contributed by atoms with Crippen LogP contribution in [0.15, 0.2) is 29.2 Å². The number of unbranched alkanes of at least 4 members (excludes halogenated alkanes) is 9. The summed E-state index contributed by atoms with van der Waals surface area (Å²) in [5.74, 6) is -0.771. The van der Waals surface area contributed by atoms with Gasteiger partial charge in [0.05, 0.1) is 4.90 Å². The summed E-state index contributed by atoms with van der Waals surface area (Å²) in [5, 5.41) is 5.80. The number of para-hydroxylation sites is 1. The van der Waals surface area contributed by atoms with Crippen LogP contribution in [-0.2, 0) is 24.5 Å². The number of ether oxygens (including phenoxy) is 1. The SMILES string of the molecule is CCCCCCCCC(=O)NCCCCCC(=O)NCCCCCC(=O)Oc1ccccc1S(=O)(=O)[O-].[Na+]. The number of rotatable bonds is 21. The van der Waals surface area contributed by atoms with Gasteiger partial charge in [0.15, 0.2) is 0 Å². The smallest absolute Gasteiger partial charge is 0.744 e. The molecule has 1 rings (SSSR count). The minimum atomic E-state index is -4.73. The molecular formula is C27H43N2NaO7S. The number of benzene rings is 1. The van der Waals surface area contributed by atoms with Crippen LogP contribution < -0.4 is 44.9 Å². The van der Waals surface area contributed by atoms with Crippen LogP contribution in [0.2, 0.25) is 0 Å². The minimum absolute atomic E-state index is 0. The van der Waals surface area contributed by atoms with Crippen LogP contribution in [0.4, 0.5) is 0 Å². The molecule has 0 saturated carbocycles. The Labute approximate surface area is 250 Å². The Kier molecular flexibility index (Phi) is 21.5. The molecule has 0 aliphatic rings. The number of amides is 2. The Morgan fingerprint density at radius 2 is 1.21 bits per heavy atom. The van der Waals surface area contributed by atoms with Gasteiger partial charge in [0.1, 0.15) is 15.9 Å². The first kappa shape index (κ1) is 36.5. The Balaban J connectivity index is 0.0000137. The molecule has 0 saturated heterocycles. The molecule has 0 atom stereocenters. The molecule has 38 heavy (non-hydrogen) atoms. The Bertz CT molecular complexity index is 926. The zero-order chi connectivity index (χ0) is 27.4. The van der Waals surface area contributed by atoms with E-state index in [-0.39, 0.29) is 53.5 Å². The van der Waals surface area contributed by atoms with E-state index in [9.17, 15) is 27.4 Å². The van der Waals surface area contributed by atoms with Crippen molar-refractivity contribution in [3.63, 3.8) is 0 Å². The van der Waals surface area contributed by atoms with E-state index in [0.717, 1.165) is 38.2 Å². The van der Waals surface area contributed by atoms with Crippen LogP contribution >= 0.6 is 0 Å². The average molecular weight is 563 g/mol. The van der Waals surface area contributed by atoms with Crippen molar-refractivity contribution < 1.29 is 61.6 Å². The van der Waals surface area contributed by atoms with E-state index in [0.29, 0.717) is 45.2 Å². The van der Waals surface area contributed by atoms with Gasteiger partial charge >= 0.3 is 35.5 Å². The van der Waals surface area contributed by atoms with Crippen molar-refractivity contribution in [2.24, 2.45) is 0 Å². The Hall–Kier alpha value is -1.46. The molecule has 0 aliphatic heterocycles. The molecule has 2 N–H and O–H groups in total. The summed E-state index contributed by atoms with van der Waals surface area (Å²) in [7, 11) is -4.73. The summed E-state index contributed by atoms with van der Waals surface area (Å²) in [6.07, 6.45) is 12.5. The number of carbonyl (C=O) groups excluding carboxylic acids is 3. The van der Waals surface area contributed by atoms with Crippen LogP contribution in [0.1, 0.15) is 103 Å². The Morgan fingerprint density at radius 3 is 1.76 bits per heavy atom. The maximum absolute atomic E-state index is 11.9. The summed E-state index contributed by atoms with van der Waals surface area (Å²) >= 11 is 0. The molecule has 0 fully saturated rings. The molecule has 0 heterocycles. The quantitative estimate of drug-likeness (QED) is 0.0762. The monoisotopic (exact) mass is 562 g/mol. The molecule has 210 valence electrons. The molecule has 0 bridgehead atoms. The molecule has 11 heteroatoms. The fourth-order valence-electron chi connectivity index (χ4n) is 3.77. The van der Waals surface area contributed by atoms with Gasteiger partial charge in [-0.25, -0.2) is 8.42 Å². The molecule has 0 unspecified atom stereocenters. The van der Waals surface area contributed by atoms with Crippen molar-refractivity contribution in [1.82, 2.24) is 10.6 Å². The number of hydrogen-bond acceptors (Lipinski definition) is 7. The average Bonchev–Trinajstić information content (AvgIpc) is 2.85. The van der Waals surface area contributed by atoms with Crippen LogP contribution in [0, 0.1) is 0 Å². The predicted octanol–water partition coefficient (Wildman–Crippen LogP) is 1.60. The number of esters is 1. The van der Waals surface area contributed by atoms with E-state index in [1.807, 2.05) is 0 Å². The van der Waals surface area contributed by atoms with Gasteiger partial charge in [0, 0.05) is 32.4 Å². The number of carbonyl (C=O) groups is 3. The van der Waals surface area contributed by atoms with Gasteiger partial charge in [-0.3, -0.25) is 14.4 Å². The first-order valence-corrected chi connectivity index (χ1v) is 14.9. The van der Waals surface area contributed by atoms with Crippen molar-refractivity contribution in [3.05, 3.63) is 24.3 Å². The predicted molar refractivity (Wildman–Crippen MR) is 141 cm³/mol. The molecule has 9 nitrogen and oxygen atoms in total. The van der Waals surface area contributed by atoms with E-state index in [1.54, 1.807) is 0 Å². The second-order valence-electron chi connectivity index (χ2n) is 9.21. The second kappa shape index (κ2) is 22.4. The molecule has 1 aromatic rings. The maximum Gasteiger partial charge on any atom is 1.00 e. The third kappa shape index (κ3) is 18.7. The van der Waals surface area contributed by atoms with E-state index in [2.05, 4.69) is 17.6 Å². The van der Waals surface area contributed by atoms with Gasteiger partial charge in [0.2, 0.25) is 11.8 Å². The van der Waals surface area contributed by atoms with E-state index >= 15 is 0 Å². The molecule has 0 radical (unpaired) electrons. The fraction of sp³-hybridized carbons (Fsp3) is 0.667. The molecule has 0 spiro atoms. The molecule has 0 aromatic heterocycles. The fourth-order valence-corrected chi connectivity index (χ4v) is 4.37. The summed E-state index contributed by atoms with van der Waals surface area (Å²) in [6.45, 7) is 3.35. The van der Waals surface area contributed by atoms with Crippen LogP contribution in [0.5, 0.6) is 5.75 Å². The largest absolute Gasteiger partial charge is 1.00 e. The van der Waals surface area contributed by atoms with Crippen molar-refractivity contribution in [3.8, 4) is 5.75 Å². The van der Waals surface area contributed by atoms with Crippen molar-refractivity contribution in [2.75, 3.05) is 13.1 Å². The topological polar surface area (TPSA) is 142 Å². The van der Waals surface area contributed by atoms with E-state index < -0.39 is 21.0 Å². The summed E-state index contributed by atoms with van der Waals surface area (Å²) in [5.41, 5.74) is 0. The minimum Gasteiger partial charge on any atom is -0.744 e. The van der Waals surface area contributed by atoms with Gasteiger partial charge in [-0.1, -0.05) is 64.0 Å². The van der Waals surface area contributed by atoms with Crippen molar-refractivity contribution in [2.45, 2.75) is 108 Å². The zero-order valence-corrected chi connectivity index (χ0v) is 25.9. The van der Waals surface area contributed by atoms with Gasteiger partial charge in [-0.15, -0.1) is 0 Å². The van der Waals surface area contributed by atoms with Crippen LogP contribution in [0.25, 0.3) is 0 Å². The molecule has 1 aromatic carbocycles. The summed E-state index contributed by atoms with van der Waals surface area (Å²) in [4.78, 5) is 35.1. The van der Waals surface area contributed by atoms with Crippen molar-refractivity contribution >= 4 is 27.9 Å². The van der Waals surface area contributed by atoms with Gasteiger partial charge in [-0.2, -0.15) is 0 Å². The van der Waals surface area contributed by atoms with E-state index in [4.69, 9.17) is 4.74 Å². The number of hydrogen-bond donors (Lipinski definition) is 2. The standard InChI is InChI=1S/C27H44N2O7S.Na/c1-2-3-4-5-6-9-18-25(30)28-21-14-7-10-19-26(31)29-22-15-8-11-20-27(32)36-23-16-12-13-17-24(23)37(33,34)35;/h12-13,16-17H,2-11,14-15,18-22H2,1H3,(H,28,30)(H,29,31)(H,33,34,35);/q;+1/p-1. The van der Waals surface area contributed by atoms with Gasteiger partial charge in [-0.05, 0) is 44.2 Å². The number of nitrogens with one attached hydrogen (secondary N) is 2. The van der Waals surface area contributed by atoms with Gasteiger partial charge in [0.25, 0.3) is 0 Å². The molecule has 2 amide bonds. The normalized spacial score (nSPS) is 10.9. The maximum atomic E-state index is 11.9. The summed E-state index contributed by atoms with van der Waals surface area (Å²) in [6, 6.07) is 5.24. The van der Waals surface area contributed by atoms with E-state index in [1.165, 1.54) is 43.9 Å². The zero-order valence-electron chi connectivity index (χ0n) is 23.1. The first-order chi connectivity index (χ1) is 17.7. The van der Waals surface area contributed by atoms with Gasteiger partial charge < -0.3 is 19.9 Å². The van der Waals surface area contributed by atoms with Crippen molar-refractivity contribution in [1.29, 1.82) is 0 Å². The molecular weight excluding hydrogens is 519 g/mol. The van der Waals surface area contributed by atoms with Crippen LogP contribution in [0.3, 0.4) is 0 Å². The Morgan fingerprint density at radius 1 is 0.737 bits per heavy atom. The second-order valence-corrected chi connectivity index (χ2v) is 10.6. The van der Waals surface area contributed by atoms with Crippen LogP contribution in [-0.4, -0.2) is 43.8 Å². The summed E-state index contributed by atoms with van der Waals surface area (Å²) < 4.78 is 38.7. The molecule has 0 aliphatic carbocycles.